The van der Waals surface area contributed by atoms with Crippen LogP contribution in [-0.2, 0) is 16.6 Å². The summed E-state index contributed by atoms with van der Waals surface area (Å²) in [6.45, 7) is 5.27. The molecule has 0 saturated carbocycles. The molecule has 2 aromatic rings. The highest BCUT2D eigenvalue weighted by Gasteiger charge is 2.49. The molecule has 1 saturated heterocycles. The molecule has 0 bridgehead atoms. The van der Waals surface area contributed by atoms with Gasteiger partial charge >= 0.3 is 0 Å². The molecule has 140 valence electrons. The molecule has 1 fully saturated rings. The second kappa shape index (κ2) is 6.68. The van der Waals surface area contributed by atoms with Gasteiger partial charge in [0.05, 0.1) is 5.41 Å². The number of carbonyl (C=O) groups is 1. The number of nitrogens with zero attached hydrogens (tertiary/aromatic N) is 2. The Hall–Kier alpha value is -2.33. The van der Waals surface area contributed by atoms with E-state index >= 15 is 0 Å². The Labute approximate surface area is 161 Å². The highest BCUT2D eigenvalue weighted by Crippen LogP contribution is 2.48. The van der Waals surface area contributed by atoms with Crippen LogP contribution < -0.4 is 10.2 Å². The number of amides is 1. The van der Waals surface area contributed by atoms with Crippen LogP contribution >= 0.6 is 0 Å². The minimum Gasteiger partial charge on any atom is -0.369 e. The van der Waals surface area contributed by atoms with Crippen molar-refractivity contribution >= 4 is 17.3 Å². The van der Waals surface area contributed by atoms with E-state index in [1.165, 1.54) is 16.8 Å². The van der Waals surface area contributed by atoms with E-state index < -0.39 is 0 Å². The Balaban J connectivity index is 1.27. The lowest BCUT2D eigenvalue weighted by molar-refractivity contribution is -0.121. The molecule has 0 aromatic heterocycles. The van der Waals surface area contributed by atoms with E-state index in [4.69, 9.17) is 0 Å². The summed E-state index contributed by atoms with van der Waals surface area (Å²) in [5.74, 6) is 0.229. The van der Waals surface area contributed by atoms with Gasteiger partial charge in [0.2, 0.25) is 5.91 Å². The highest BCUT2D eigenvalue weighted by molar-refractivity contribution is 6.07. The maximum Gasteiger partial charge on any atom is 0.235 e. The number of hydrogen-bond acceptors (Lipinski definition) is 3. The molecular formula is C23H27N3O. The lowest BCUT2D eigenvalue weighted by Crippen LogP contribution is -2.48. The number of nitrogens with one attached hydrogen (secondary N) is 1. The van der Waals surface area contributed by atoms with Crippen LogP contribution in [0.5, 0.6) is 0 Å². The molecule has 3 aliphatic rings. The zero-order valence-electron chi connectivity index (χ0n) is 15.8. The molecule has 0 radical (unpaired) electrons. The fraction of sp³-hybridized carbons (Fsp3) is 0.435. The third kappa shape index (κ3) is 2.83. The highest BCUT2D eigenvalue weighted by atomic mass is 16.2. The SMILES string of the molecule is O=C1Nc2cccc3c2C1(CCN1CCN(c2ccccc2)CC1)CCC3. The molecule has 1 unspecified atom stereocenters. The summed E-state index contributed by atoms with van der Waals surface area (Å²) in [7, 11) is 0. The average Bonchev–Trinajstić information content (AvgIpc) is 3.01. The molecule has 0 spiro atoms. The molecule has 2 aliphatic heterocycles. The average molecular weight is 361 g/mol. The van der Waals surface area contributed by atoms with Crippen molar-refractivity contribution in [3.05, 3.63) is 59.7 Å². The normalized spacial score (nSPS) is 24.6. The molecule has 1 N–H and O–H groups in total. The molecule has 1 atom stereocenters. The number of rotatable bonds is 4. The number of para-hydroxylation sites is 1. The monoisotopic (exact) mass is 361 g/mol. The van der Waals surface area contributed by atoms with Crippen molar-refractivity contribution in [2.75, 3.05) is 42.9 Å². The van der Waals surface area contributed by atoms with Gasteiger partial charge in [0.25, 0.3) is 0 Å². The first-order valence-electron chi connectivity index (χ1n) is 10.2. The summed E-state index contributed by atoms with van der Waals surface area (Å²) < 4.78 is 0. The fourth-order valence-corrected chi connectivity index (χ4v) is 5.23. The van der Waals surface area contributed by atoms with E-state index in [0.717, 1.165) is 64.1 Å². The van der Waals surface area contributed by atoms with E-state index in [1.54, 1.807) is 0 Å². The predicted octanol–water partition coefficient (Wildman–Crippen LogP) is 3.43. The lowest BCUT2D eigenvalue weighted by Gasteiger charge is -2.39. The van der Waals surface area contributed by atoms with E-state index in [1.807, 2.05) is 0 Å². The van der Waals surface area contributed by atoms with Crippen LogP contribution in [0.2, 0.25) is 0 Å². The molecular weight excluding hydrogens is 334 g/mol. The minimum absolute atomic E-state index is 0.229. The van der Waals surface area contributed by atoms with E-state index in [0.29, 0.717) is 0 Å². The quantitative estimate of drug-likeness (QED) is 0.906. The molecule has 27 heavy (non-hydrogen) atoms. The molecule has 2 heterocycles. The second-order valence-electron chi connectivity index (χ2n) is 8.14. The first kappa shape index (κ1) is 16.8. The van der Waals surface area contributed by atoms with Crippen LogP contribution in [0, 0.1) is 0 Å². The van der Waals surface area contributed by atoms with E-state index in [-0.39, 0.29) is 11.3 Å². The van der Waals surface area contributed by atoms with Gasteiger partial charge in [0.1, 0.15) is 0 Å². The van der Waals surface area contributed by atoms with Crippen molar-refractivity contribution in [2.45, 2.75) is 31.1 Å². The van der Waals surface area contributed by atoms with Crippen molar-refractivity contribution in [2.24, 2.45) is 0 Å². The van der Waals surface area contributed by atoms with Crippen molar-refractivity contribution in [3.63, 3.8) is 0 Å². The van der Waals surface area contributed by atoms with Crippen LogP contribution in [0.15, 0.2) is 48.5 Å². The Morgan fingerprint density at radius 3 is 2.59 bits per heavy atom. The first-order valence-corrected chi connectivity index (χ1v) is 10.2. The lowest BCUT2D eigenvalue weighted by atomic mass is 9.69. The Kier molecular flexibility index (Phi) is 4.16. The molecule has 2 aromatic carbocycles. The van der Waals surface area contributed by atoms with Crippen LogP contribution in [0.3, 0.4) is 0 Å². The number of benzene rings is 2. The van der Waals surface area contributed by atoms with Crippen LogP contribution in [0.1, 0.15) is 30.4 Å². The van der Waals surface area contributed by atoms with Crippen molar-refractivity contribution in [1.29, 1.82) is 0 Å². The first-order chi connectivity index (χ1) is 13.3. The van der Waals surface area contributed by atoms with Gasteiger partial charge in [-0.3, -0.25) is 9.69 Å². The van der Waals surface area contributed by atoms with E-state index in [9.17, 15) is 4.79 Å². The van der Waals surface area contributed by atoms with Crippen LogP contribution in [-0.4, -0.2) is 43.5 Å². The zero-order chi connectivity index (χ0) is 18.3. The molecule has 1 aliphatic carbocycles. The van der Waals surface area contributed by atoms with Crippen molar-refractivity contribution < 1.29 is 4.79 Å². The van der Waals surface area contributed by atoms with Gasteiger partial charge in [-0.25, -0.2) is 0 Å². The summed E-state index contributed by atoms with van der Waals surface area (Å²) in [6.07, 6.45) is 4.16. The molecule has 4 nitrogen and oxygen atoms in total. The van der Waals surface area contributed by atoms with Crippen LogP contribution in [0.4, 0.5) is 11.4 Å². The Bertz CT molecular complexity index is 842. The summed E-state index contributed by atoms with van der Waals surface area (Å²) in [6, 6.07) is 17.0. The fourth-order valence-electron chi connectivity index (χ4n) is 5.23. The third-order valence-corrected chi connectivity index (χ3v) is 6.71. The minimum atomic E-state index is -0.291. The maximum atomic E-state index is 12.9. The van der Waals surface area contributed by atoms with Gasteiger partial charge in [-0.15, -0.1) is 0 Å². The van der Waals surface area contributed by atoms with Crippen molar-refractivity contribution in [1.82, 2.24) is 4.90 Å². The largest absolute Gasteiger partial charge is 0.369 e. The molecule has 4 heteroatoms. The van der Waals surface area contributed by atoms with Crippen LogP contribution in [0.25, 0.3) is 0 Å². The summed E-state index contributed by atoms with van der Waals surface area (Å²) >= 11 is 0. The zero-order valence-corrected chi connectivity index (χ0v) is 15.8. The standard InChI is InChI=1S/C23H27N3O/c27-22-23(11-5-7-18-6-4-10-20(24-22)21(18)23)12-13-25-14-16-26(17-15-25)19-8-2-1-3-9-19/h1-4,6,8-10H,5,7,11-17H2,(H,24,27). The Morgan fingerprint density at radius 1 is 0.963 bits per heavy atom. The topological polar surface area (TPSA) is 35.6 Å². The summed E-state index contributed by atoms with van der Waals surface area (Å²) in [5.41, 5.74) is 4.78. The Morgan fingerprint density at radius 2 is 1.78 bits per heavy atom. The van der Waals surface area contributed by atoms with Gasteiger partial charge in [0.15, 0.2) is 0 Å². The van der Waals surface area contributed by atoms with Gasteiger partial charge in [-0.2, -0.15) is 0 Å². The summed E-state index contributed by atoms with van der Waals surface area (Å²) in [5, 5.41) is 3.17. The second-order valence-corrected chi connectivity index (χ2v) is 8.14. The predicted molar refractivity (Wildman–Crippen MR) is 109 cm³/mol. The molecule has 5 rings (SSSR count). The number of carbonyl (C=O) groups excluding carboxylic acids is 1. The van der Waals surface area contributed by atoms with Gasteiger partial charge in [-0.1, -0.05) is 30.3 Å². The number of hydrogen-bond donors (Lipinski definition) is 1. The maximum absolute atomic E-state index is 12.9. The number of piperazine rings is 1. The summed E-state index contributed by atoms with van der Waals surface area (Å²) in [4.78, 5) is 17.9. The number of aryl methyl sites for hydroxylation is 1. The number of anilines is 2. The third-order valence-electron chi connectivity index (χ3n) is 6.71. The van der Waals surface area contributed by atoms with Gasteiger partial charge in [0, 0.05) is 37.6 Å². The van der Waals surface area contributed by atoms with Crippen molar-refractivity contribution in [3.8, 4) is 0 Å². The van der Waals surface area contributed by atoms with Gasteiger partial charge in [-0.05, 0) is 61.6 Å². The smallest absolute Gasteiger partial charge is 0.235 e. The van der Waals surface area contributed by atoms with E-state index in [2.05, 4.69) is 63.6 Å². The molecule has 1 amide bonds. The van der Waals surface area contributed by atoms with Gasteiger partial charge < -0.3 is 10.2 Å².